The van der Waals surface area contributed by atoms with E-state index in [1.807, 2.05) is 0 Å². The third-order valence-corrected chi connectivity index (χ3v) is 4.30. The summed E-state index contributed by atoms with van der Waals surface area (Å²) in [6.45, 7) is 0.638. The monoisotopic (exact) mass is 372 g/mol. The number of urea groups is 1. The first-order chi connectivity index (χ1) is 10.5. The van der Waals surface area contributed by atoms with Gasteiger partial charge in [-0.1, -0.05) is 0 Å². The highest BCUT2D eigenvalue weighted by Crippen LogP contribution is 2.37. The van der Waals surface area contributed by atoms with Crippen molar-refractivity contribution in [3.63, 3.8) is 0 Å². The zero-order valence-electron chi connectivity index (χ0n) is 12.3. The van der Waals surface area contributed by atoms with Gasteiger partial charge >= 0.3 is 12.0 Å². The Morgan fingerprint density at radius 2 is 1.91 bits per heavy atom. The summed E-state index contributed by atoms with van der Waals surface area (Å²) in [6, 6.07) is 2.99. The average molecular weight is 373 g/mol. The molecule has 0 bridgehead atoms. The maximum absolute atomic E-state index is 12.2. The van der Waals surface area contributed by atoms with Crippen molar-refractivity contribution in [2.75, 3.05) is 32.6 Å². The average Bonchev–Trinajstić information content (AvgIpc) is 2.99. The lowest BCUT2D eigenvalue weighted by molar-refractivity contribution is -0.141. The SMILES string of the molecule is COc1cc(NC(=O)N2CCC(C(=O)O)C2)cc(OC)c1Br. The molecule has 1 heterocycles. The van der Waals surface area contributed by atoms with Crippen LogP contribution < -0.4 is 14.8 Å². The maximum Gasteiger partial charge on any atom is 0.321 e. The second-order valence-electron chi connectivity index (χ2n) is 4.89. The van der Waals surface area contributed by atoms with Crippen LogP contribution in [0.2, 0.25) is 0 Å². The lowest BCUT2D eigenvalue weighted by atomic mass is 10.1. The fourth-order valence-electron chi connectivity index (χ4n) is 2.29. The van der Waals surface area contributed by atoms with Crippen molar-refractivity contribution in [1.29, 1.82) is 0 Å². The minimum Gasteiger partial charge on any atom is -0.495 e. The second-order valence-corrected chi connectivity index (χ2v) is 5.69. The molecule has 0 aliphatic carbocycles. The highest BCUT2D eigenvalue weighted by Gasteiger charge is 2.31. The van der Waals surface area contributed by atoms with E-state index in [-0.39, 0.29) is 12.6 Å². The number of carboxylic acids is 1. The molecule has 2 N–H and O–H groups in total. The molecule has 22 heavy (non-hydrogen) atoms. The number of likely N-dealkylation sites (tertiary alicyclic amines) is 1. The number of carboxylic acid groups (broad SMARTS) is 1. The van der Waals surface area contributed by atoms with E-state index >= 15 is 0 Å². The van der Waals surface area contributed by atoms with Gasteiger partial charge in [-0.2, -0.15) is 0 Å². The van der Waals surface area contributed by atoms with E-state index in [0.29, 0.717) is 34.6 Å². The number of carbonyl (C=O) groups is 2. The molecular formula is C14H17BrN2O5. The van der Waals surface area contributed by atoms with Crippen molar-refractivity contribution in [1.82, 2.24) is 4.90 Å². The van der Waals surface area contributed by atoms with Gasteiger partial charge in [0.1, 0.15) is 16.0 Å². The topological polar surface area (TPSA) is 88.1 Å². The zero-order chi connectivity index (χ0) is 16.3. The molecule has 8 heteroatoms. The summed E-state index contributed by atoms with van der Waals surface area (Å²) in [6.07, 6.45) is 0.468. The summed E-state index contributed by atoms with van der Waals surface area (Å²) in [5, 5.41) is 11.7. The maximum atomic E-state index is 12.2. The van der Waals surface area contributed by atoms with E-state index in [1.165, 1.54) is 19.1 Å². The highest BCUT2D eigenvalue weighted by atomic mass is 79.9. The van der Waals surface area contributed by atoms with E-state index in [0.717, 1.165) is 0 Å². The Morgan fingerprint density at radius 3 is 2.36 bits per heavy atom. The number of benzene rings is 1. The third-order valence-electron chi connectivity index (χ3n) is 3.52. The third kappa shape index (κ3) is 3.44. The molecule has 0 spiro atoms. The summed E-state index contributed by atoms with van der Waals surface area (Å²) in [5.41, 5.74) is 0.515. The van der Waals surface area contributed by atoms with Gasteiger partial charge in [-0.25, -0.2) is 4.79 Å². The van der Waals surface area contributed by atoms with E-state index in [2.05, 4.69) is 21.2 Å². The predicted molar refractivity (Wildman–Crippen MR) is 83.6 cm³/mol. The van der Waals surface area contributed by atoms with Crippen LogP contribution in [0.15, 0.2) is 16.6 Å². The normalized spacial score (nSPS) is 17.2. The van der Waals surface area contributed by atoms with E-state index in [1.54, 1.807) is 12.1 Å². The van der Waals surface area contributed by atoms with Crippen LogP contribution in [-0.2, 0) is 4.79 Å². The number of halogens is 1. The summed E-state index contributed by atoms with van der Waals surface area (Å²) in [7, 11) is 3.03. The van der Waals surface area contributed by atoms with Crippen LogP contribution in [0.4, 0.5) is 10.5 Å². The van der Waals surface area contributed by atoms with Crippen molar-refractivity contribution >= 4 is 33.6 Å². The van der Waals surface area contributed by atoms with E-state index in [4.69, 9.17) is 14.6 Å². The molecule has 2 amide bonds. The minimum absolute atomic E-state index is 0.214. The molecule has 1 aliphatic heterocycles. The van der Waals surface area contributed by atoms with Crippen LogP contribution in [0.1, 0.15) is 6.42 Å². The van der Waals surface area contributed by atoms with Gasteiger partial charge in [-0.05, 0) is 22.4 Å². The number of amides is 2. The second kappa shape index (κ2) is 6.87. The molecule has 1 aromatic rings. The Bertz CT molecular complexity index is 568. The largest absolute Gasteiger partial charge is 0.495 e. The van der Waals surface area contributed by atoms with Crippen molar-refractivity contribution in [3.8, 4) is 11.5 Å². The first-order valence-corrected chi connectivity index (χ1v) is 7.45. The number of nitrogens with zero attached hydrogens (tertiary/aromatic N) is 1. The van der Waals surface area contributed by atoms with Crippen molar-refractivity contribution in [2.24, 2.45) is 5.92 Å². The van der Waals surface area contributed by atoms with Gasteiger partial charge in [0.25, 0.3) is 0 Å². The summed E-state index contributed by atoms with van der Waals surface area (Å²) in [5.74, 6) is -0.319. The standard InChI is InChI=1S/C14H17BrN2O5/c1-21-10-5-9(6-11(22-2)12(10)15)16-14(20)17-4-3-8(7-17)13(18)19/h5-6,8H,3-4,7H2,1-2H3,(H,16,20)(H,18,19). The quantitative estimate of drug-likeness (QED) is 0.846. The number of carbonyl (C=O) groups excluding carboxylic acids is 1. The van der Waals surface area contributed by atoms with Gasteiger partial charge in [-0.3, -0.25) is 4.79 Å². The fourth-order valence-corrected chi connectivity index (χ4v) is 2.84. The molecule has 1 atom stereocenters. The lowest BCUT2D eigenvalue weighted by Gasteiger charge is -2.18. The number of hydrogen-bond acceptors (Lipinski definition) is 4. The molecule has 2 rings (SSSR count). The summed E-state index contributed by atoms with van der Waals surface area (Å²) < 4.78 is 11.1. The van der Waals surface area contributed by atoms with Crippen molar-refractivity contribution < 1.29 is 24.2 Å². The molecule has 1 saturated heterocycles. The molecule has 1 unspecified atom stereocenters. The number of rotatable bonds is 4. The molecule has 1 aromatic carbocycles. The van der Waals surface area contributed by atoms with Crippen molar-refractivity contribution in [2.45, 2.75) is 6.42 Å². The molecule has 1 fully saturated rings. The Kier molecular flexibility index (Phi) is 5.12. The summed E-state index contributed by atoms with van der Waals surface area (Å²) in [4.78, 5) is 24.6. The lowest BCUT2D eigenvalue weighted by Crippen LogP contribution is -2.33. The predicted octanol–water partition coefficient (Wildman–Crippen LogP) is 2.40. The van der Waals surface area contributed by atoms with Gasteiger partial charge in [0.15, 0.2) is 0 Å². The highest BCUT2D eigenvalue weighted by molar-refractivity contribution is 9.10. The molecule has 0 saturated carbocycles. The van der Waals surface area contributed by atoms with Gasteiger partial charge in [0.05, 0.1) is 20.1 Å². The molecule has 120 valence electrons. The first-order valence-electron chi connectivity index (χ1n) is 6.66. The van der Waals surface area contributed by atoms with Crippen LogP contribution in [0.3, 0.4) is 0 Å². The van der Waals surface area contributed by atoms with Gasteiger partial charge in [-0.15, -0.1) is 0 Å². The van der Waals surface area contributed by atoms with Crippen LogP contribution in [-0.4, -0.2) is 49.3 Å². The minimum atomic E-state index is -0.873. The number of nitrogens with one attached hydrogen (secondary N) is 1. The summed E-state index contributed by atoms with van der Waals surface area (Å²) >= 11 is 3.35. The van der Waals surface area contributed by atoms with Crippen LogP contribution in [0.5, 0.6) is 11.5 Å². The molecule has 0 aromatic heterocycles. The van der Waals surface area contributed by atoms with Gasteiger partial charge in [0, 0.05) is 30.9 Å². The Hall–Kier alpha value is -1.96. The number of ether oxygens (including phenoxy) is 2. The van der Waals surface area contributed by atoms with Crippen LogP contribution in [0.25, 0.3) is 0 Å². The van der Waals surface area contributed by atoms with Crippen molar-refractivity contribution in [3.05, 3.63) is 16.6 Å². The van der Waals surface area contributed by atoms with Gasteiger partial charge in [0.2, 0.25) is 0 Å². The fraction of sp³-hybridized carbons (Fsp3) is 0.429. The van der Waals surface area contributed by atoms with Crippen LogP contribution in [0, 0.1) is 5.92 Å². The van der Waals surface area contributed by atoms with Crippen LogP contribution >= 0.6 is 15.9 Å². The number of anilines is 1. The zero-order valence-corrected chi connectivity index (χ0v) is 13.8. The first kappa shape index (κ1) is 16.4. The smallest absolute Gasteiger partial charge is 0.321 e. The Balaban J connectivity index is 2.10. The molecular weight excluding hydrogens is 356 g/mol. The number of methoxy groups -OCH3 is 2. The molecule has 0 radical (unpaired) electrons. The van der Waals surface area contributed by atoms with Gasteiger partial charge < -0.3 is 24.8 Å². The van der Waals surface area contributed by atoms with E-state index < -0.39 is 11.9 Å². The van der Waals surface area contributed by atoms with E-state index in [9.17, 15) is 9.59 Å². The molecule has 7 nitrogen and oxygen atoms in total. The Labute approximate surface area is 136 Å². The number of aliphatic carboxylic acids is 1. The Morgan fingerprint density at radius 1 is 1.32 bits per heavy atom. The number of hydrogen-bond donors (Lipinski definition) is 2. The molecule has 1 aliphatic rings.